The minimum absolute atomic E-state index is 0.286. The van der Waals surface area contributed by atoms with Crippen LogP contribution in [-0.4, -0.2) is 13.9 Å². The molecule has 1 aromatic rings. The maximum Gasteiger partial charge on any atom is 0.188 e. The first kappa shape index (κ1) is 9.81. The number of hydrogen-bond acceptors (Lipinski definition) is 2. The summed E-state index contributed by atoms with van der Waals surface area (Å²) in [6.45, 7) is 2.23. The minimum atomic E-state index is 0.286. The van der Waals surface area contributed by atoms with Gasteiger partial charge in [-0.15, -0.1) is 0 Å². The SMILES string of the molecule is CC=C(OCOC)c1ccccc1. The maximum atomic E-state index is 5.37. The molecule has 0 radical (unpaired) electrons. The molecule has 2 heteroatoms. The zero-order valence-corrected chi connectivity index (χ0v) is 7.99. The topological polar surface area (TPSA) is 18.5 Å². The second-order valence-corrected chi connectivity index (χ2v) is 2.57. The van der Waals surface area contributed by atoms with E-state index in [1.165, 1.54) is 0 Å². The van der Waals surface area contributed by atoms with Gasteiger partial charge in [-0.3, -0.25) is 0 Å². The van der Waals surface area contributed by atoms with E-state index in [2.05, 4.69) is 0 Å². The van der Waals surface area contributed by atoms with Crippen LogP contribution in [-0.2, 0) is 9.47 Å². The first-order valence-electron chi connectivity index (χ1n) is 4.22. The van der Waals surface area contributed by atoms with E-state index in [1.807, 2.05) is 43.3 Å². The van der Waals surface area contributed by atoms with E-state index < -0.39 is 0 Å². The Bertz CT molecular complexity index is 265. The van der Waals surface area contributed by atoms with Gasteiger partial charge in [0, 0.05) is 12.7 Å². The fourth-order valence-electron chi connectivity index (χ4n) is 1.06. The first-order valence-corrected chi connectivity index (χ1v) is 4.22. The van der Waals surface area contributed by atoms with Crippen molar-refractivity contribution in [2.75, 3.05) is 13.9 Å². The molecule has 0 aliphatic carbocycles. The Morgan fingerprint density at radius 3 is 2.54 bits per heavy atom. The van der Waals surface area contributed by atoms with Crippen LogP contribution in [0.3, 0.4) is 0 Å². The van der Waals surface area contributed by atoms with Gasteiger partial charge in [0.25, 0.3) is 0 Å². The van der Waals surface area contributed by atoms with Crippen LogP contribution in [0.2, 0.25) is 0 Å². The predicted octanol–water partition coefficient (Wildman–Crippen LogP) is 2.67. The van der Waals surface area contributed by atoms with Crippen molar-refractivity contribution in [2.24, 2.45) is 0 Å². The summed E-state index contributed by atoms with van der Waals surface area (Å²) in [7, 11) is 1.61. The molecule has 0 saturated heterocycles. The van der Waals surface area contributed by atoms with Crippen molar-refractivity contribution in [1.29, 1.82) is 0 Å². The number of allylic oxidation sites excluding steroid dienone is 1. The van der Waals surface area contributed by atoms with Gasteiger partial charge in [-0.1, -0.05) is 30.3 Å². The summed E-state index contributed by atoms with van der Waals surface area (Å²) in [5.41, 5.74) is 1.07. The zero-order valence-electron chi connectivity index (χ0n) is 7.99. The summed E-state index contributed by atoms with van der Waals surface area (Å²) in [4.78, 5) is 0. The highest BCUT2D eigenvalue weighted by molar-refractivity contribution is 5.58. The van der Waals surface area contributed by atoms with E-state index in [0.717, 1.165) is 11.3 Å². The summed E-state index contributed by atoms with van der Waals surface area (Å²) >= 11 is 0. The van der Waals surface area contributed by atoms with Gasteiger partial charge in [-0.05, 0) is 13.0 Å². The molecule has 70 valence electrons. The van der Waals surface area contributed by atoms with Crippen LogP contribution < -0.4 is 0 Å². The quantitative estimate of drug-likeness (QED) is 0.521. The summed E-state index contributed by atoms with van der Waals surface area (Å²) in [6, 6.07) is 9.95. The average molecular weight is 178 g/mol. The van der Waals surface area contributed by atoms with Gasteiger partial charge in [-0.25, -0.2) is 0 Å². The van der Waals surface area contributed by atoms with Gasteiger partial charge in [-0.2, -0.15) is 0 Å². The van der Waals surface area contributed by atoms with Crippen molar-refractivity contribution in [1.82, 2.24) is 0 Å². The molecule has 0 aliphatic rings. The van der Waals surface area contributed by atoms with Crippen LogP contribution >= 0.6 is 0 Å². The third-order valence-electron chi connectivity index (χ3n) is 1.65. The lowest BCUT2D eigenvalue weighted by Gasteiger charge is -2.08. The highest BCUT2D eigenvalue weighted by Gasteiger charge is 1.98. The van der Waals surface area contributed by atoms with Crippen molar-refractivity contribution in [2.45, 2.75) is 6.92 Å². The standard InChI is InChI=1S/C11H14O2/c1-3-11(13-9-12-2)10-7-5-4-6-8-10/h3-8H,9H2,1-2H3. The molecular weight excluding hydrogens is 164 g/mol. The largest absolute Gasteiger partial charge is 0.467 e. The fraction of sp³-hybridized carbons (Fsp3) is 0.273. The minimum Gasteiger partial charge on any atom is -0.467 e. The molecular formula is C11H14O2. The van der Waals surface area contributed by atoms with Gasteiger partial charge in [0.1, 0.15) is 5.76 Å². The van der Waals surface area contributed by atoms with Crippen molar-refractivity contribution < 1.29 is 9.47 Å². The number of benzene rings is 1. The van der Waals surface area contributed by atoms with Crippen LogP contribution in [0.15, 0.2) is 36.4 Å². The summed E-state index contributed by atoms with van der Waals surface area (Å²) in [5.74, 6) is 0.849. The number of hydrogen-bond donors (Lipinski definition) is 0. The summed E-state index contributed by atoms with van der Waals surface area (Å²) in [5, 5.41) is 0. The van der Waals surface area contributed by atoms with Gasteiger partial charge in [0.2, 0.25) is 0 Å². The lowest BCUT2D eigenvalue weighted by molar-refractivity contribution is 0.0316. The van der Waals surface area contributed by atoms with Gasteiger partial charge in [0.05, 0.1) is 0 Å². The Balaban J connectivity index is 2.69. The molecule has 0 amide bonds. The van der Waals surface area contributed by atoms with Crippen LogP contribution in [0, 0.1) is 0 Å². The molecule has 0 atom stereocenters. The molecule has 13 heavy (non-hydrogen) atoms. The van der Waals surface area contributed by atoms with E-state index in [0.29, 0.717) is 0 Å². The van der Waals surface area contributed by atoms with E-state index in [9.17, 15) is 0 Å². The Morgan fingerprint density at radius 1 is 1.31 bits per heavy atom. The van der Waals surface area contributed by atoms with Crippen molar-refractivity contribution in [3.05, 3.63) is 42.0 Å². The first-order chi connectivity index (χ1) is 6.38. The number of methoxy groups -OCH3 is 1. The molecule has 0 unspecified atom stereocenters. The molecule has 0 saturated carbocycles. The van der Waals surface area contributed by atoms with E-state index in [-0.39, 0.29) is 6.79 Å². The van der Waals surface area contributed by atoms with Gasteiger partial charge in [0.15, 0.2) is 6.79 Å². The van der Waals surface area contributed by atoms with Crippen LogP contribution in [0.1, 0.15) is 12.5 Å². The lowest BCUT2D eigenvalue weighted by Crippen LogP contribution is -1.95. The Labute approximate surface area is 78.8 Å². The Morgan fingerprint density at radius 2 is 2.00 bits per heavy atom. The number of rotatable bonds is 4. The molecule has 1 rings (SSSR count). The summed E-state index contributed by atoms with van der Waals surface area (Å²) in [6.07, 6.45) is 1.92. The highest BCUT2D eigenvalue weighted by Crippen LogP contribution is 2.14. The van der Waals surface area contributed by atoms with Gasteiger partial charge >= 0.3 is 0 Å². The van der Waals surface area contributed by atoms with E-state index >= 15 is 0 Å². The van der Waals surface area contributed by atoms with Crippen LogP contribution in [0.25, 0.3) is 5.76 Å². The highest BCUT2D eigenvalue weighted by atomic mass is 16.7. The van der Waals surface area contributed by atoms with Gasteiger partial charge < -0.3 is 9.47 Å². The third kappa shape index (κ3) is 2.92. The summed E-state index contributed by atoms with van der Waals surface area (Å²) < 4.78 is 10.2. The Kier molecular flexibility index (Phi) is 4.06. The molecule has 0 bridgehead atoms. The van der Waals surface area contributed by atoms with Crippen molar-refractivity contribution in [3.8, 4) is 0 Å². The molecule has 0 spiro atoms. The van der Waals surface area contributed by atoms with Crippen LogP contribution in [0.5, 0.6) is 0 Å². The fourth-order valence-corrected chi connectivity index (χ4v) is 1.06. The smallest absolute Gasteiger partial charge is 0.188 e. The molecule has 0 fully saturated rings. The van der Waals surface area contributed by atoms with Crippen LogP contribution in [0.4, 0.5) is 0 Å². The monoisotopic (exact) mass is 178 g/mol. The average Bonchev–Trinajstić information content (AvgIpc) is 2.21. The molecule has 0 aliphatic heterocycles. The molecule has 0 heterocycles. The Hall–Kier alpha value is -1.28. The zero-order chi connectivity index (χ0) is 9.52. The van der Waals surface area contributed by atoms with E-state index in [1.54, 1.807) is 7.11 Å². The predicted molar refractivity (Wildman–Crippen MR) is 53.1 cm³/mol. The van der Waals surface area contributed by atoms with Crippen molar-refractivity contribution in [3.63, 3.8) is 0 Å². The third-order valence-corrected chi connectivity index (χ3v) is 1.65. The number of ether oxygens (including phenoxy) is 2. The van der Waals surface area contributed by atoms with Crippen molar-refractivity contribution >= 4 is 5.76 Å². The lowest BCUT2D eigenvalue weighted by atomic mass is 10.2. The maximum absolute atomic E-state index is 5.37. The second-order valence-electron chi connectivity index (χ2n) is 2.57. The molecule has 0 aromatic heterocycles. The molecule has 2 nitrogen and oxygen atoms in total. The van der Waals surface area contributed by atoms with E-state index in [4.69, 9.17) is 9.47 Å². The second kappa shape index (κ2) is 5.38. The molecule has 1 aromatic carbocycles. The normalized spacial score (nSPS) is 11.4. The molecule has 0 N–H and O–H groups in total.